The fraction of sp³-hybridized carbons (Fsp3) is 0.300. The maximum Gasteiger partial charge on any atom is 0.244 e. The third-order valence-corrected chi connectivity index (χ3v) is 2.76. The Morgan fingerprint density at radius 3 is 2.50 bits per heavy atom. The second-order valence-electron chi connectivity index (χ2n) is 3.42. The van der Waals surface area contributed by atoms with Gasteiger partial charge in [0.25, 0.3) is 0 Å². The van der Waals surface area contributed by atoms with E-state index in [0.29, 0.717) is 11.6 Å². The van der Waals surface area contributed by atoms with Gasteiger partial charge in [0.05, 0.1) is 5.92 Å². The highest BCUT2D eigenvalue weighted by Crippen LogP contribution is 2.27. The van der Waals surface area contributed by atoms with E-state index in [1.54, 1.807) is 12.1 Å². The average molecular weight is 211 g/mol. The third-order valence-electron chi connectivity index (χ3n) is 2.51. The molecule has 14 heavy (non-hydrogen) atoms. The molecular weight excluding hydrogens is 200 g/mol. The summed E-state index contributed by atoms with van der Waals surface area (Å²) in [5.41, 5.74) is 0.993. The number of amides is 1. The normalized spacial score (nSPS) is 21.7. The fourth-order valence-electron chi connectivity index (χ4n) is 1.71. The molecular formula is C10H11ClN2O. The zero-order chi connectivity index (χ0) is 10.1. The molecule has 1 fully saturated rings. The van der Waals surface area contributed by atoms with E-state index < -0.39 is 0 Å². The second kappa shape index (κ2) is 3.59. The molecule has 0 aliphatic carbocycles. The number of nitrogens with zero attached hydrogens (tertiary/aromatic N) is 1. The first kappa shape index (κ1) is 9.49. The molecule has 1 aliphatic heterocycles. The lowest BCUT2D eigenvalue weighted by Gasteiger charge is -2.09. The van der Waals surface area contributed by atoms with Crippen LogP contribution in [0.3, 0.4) is 0 Å². The summed E-state index contributed by atoms with van der Waals surface area (Å²) in [7, 11) is 0. The van der Waals surface area contributed by atoms with Gasteiger partial charge in [-0.1, -0.05) is 23.7 Å². The summed E-state index contributed by atoms with van der Waals surface area (Å²) < 4.78 is 0. The molecule has 1 amide bonds. The first-order chi connectivity index (χ1) is 6.68. The molecule has 1 heterocycles. The van der Waals surface area contributed by atoms with E-state index in [4.69, 9.17) is 17.4 Å². The van der Waals surface area contributed by atoms with Crippen LogP contribution in [-0.4, -0.2) is 17.5 Å². The summed E-state index contributed by atoms with van der Waals surface area (Å²) in [6, 6.07) is 7.35. The number of halogens is 1. The van der Waals surface area contributed by atoms with Crippen molar-refractivity contribution in [3.63, 3.8) is 0 Å². The lowest BCUT2D eigenvalue weighted by atomic mass is 9.98. The Hall–Kier alpha value is -1.06. The summed E-state index contributed by atoms with van der Waals surface area (Å²) in [6.07, 6.45) is 0.789. The van der Waals surface area contributed by atoms with Crippen molar-refractivity contribution >= 4 is 17.5 Å². The van der Waals surface area contributed by atoms with Crippen molar-refractivity contribution in [3.05, 3.63) is 34.9 Å². The summed E-state index contributed by atoms with van der Waals surface area (Å²) in [5.74, 6) is 5.40. The Bertz CT molecular complexity index is 350. The van der Waals surface area contributed by atoms with Crippen LogP contribution in [0, 0.1) is 0 Å². The molecule has 1 aromatic rings. The minimum absolute atomic E-state index is 0.00711. The highest BCUT2D eigenvalue weighted by atomic mass is 35.5. The molecule has 0 radical (unpaired) electrons. The molecule has 4 heteroatoms. The Kier molecular flexibility index (Phi) is 2.44. The maximum absolute atomic E-state index is 11.6. The van der Waals surface area contributed by atoms with E-state index in [2.05, 4.69) is 0 Å². The van der Waals surface area contributed by atoms with E-state index in [1.807, 2.05) is 12.1 Å². The zero-order valence-electron chi connectivity index (χ0n) is 7.61. The van der Waals surface area contributed by atoms with Gasteiger partial charge in [-0.15, -0.1) is 0 Å². The number of rotatable bonds is 1. The minimum Gasteiger partial charge on any atom is -0.280 e. The summed E-state index contributed by atoms with van der Waals surface area (Å²) >= 11 is 5.76. The fourth-order valence-corrected chi connectivity index (χ4v) is 1.83. The van der Waals surface area contributed by atoms with Crippen LogP contribution in [0.4, 0.5) is 0 Å². The summed E-state index contributed by atoms with van der Waals surface area (Å²) in [4.78, 5) is 11.6. The van der Waals surface area contributed by atoms with E-state index in [1.165, 1.54) is 5.01 Å². The molecule has 1 atom stereocenters. The monoisotopic (exact) mass is 210 g/mol. The average Bonchev–Trinajstić information content (AvgIpc) is 2.50. The van der Waals surface area contributed by atoms with Gasteiger partial charge in [-0.2, -0.15) is 0 Å². The highest BCUT2D eigenvalue weighted by Gasteiger charge is 2.30. The Balaban J connectivity index is 2.24. The maximum atomic E-state index is 11.6. The van der Waals surface area contributed by atoms with Gasteiger partial charge in [0.2, 0.25) is 5.91 Å². The van der Waals surface area contributed by atoms with Crippen molar-refractivity contribution in [2.45, 2.75) is 12.3 Å². The molecule has 2 N–H and O–H groups in total. The van der Waals surface area contributed by atoms with Crippen molar-refractivity contribution in [2.75, 3.05) is 6.54 Å². The number of benzene rings is 1. The van der Waals surface area contributed by atoms with Crippen LogP contribution in [0.2, 0.25) is 5.02 Å². The number of hydrogen-bond acceptors (Lipinski definition) is 2. The largest absolute Gasteiger partial charge is 0.280 e. The Labute approximate surface area is 87.4 Å². The molecule has 1 aromatic carbocycles. The van der Waals surface area contributed by atoms with Crippen LogP contribution in [-0.2, 0) is 4.79 Å². The van der Waals surface area contributed by atoms with E-state index in [0.717, 1.165) is 12.0 Å². The molecule has 0 saturated carbocycles. The molecule has 1 saturated heterocycles. The smallest absolute Gasteiger partial charge is 0.244 e. The SMILES string of the molecule is NN1CCC(c2ccc(Cl)cc2)C1=O. The van der Waals surface area contributed by atoms with E-state index >= 15 is 0 Å². The number of nitrogens with two attached hydrogens (primary N) is 1. The lowest BCUT2D eigenvalue weighted by Crippen LogP contribution is -2.33. The van der Waals surface area contributed by atoms with Gasteiger partial charge in [-0.25, -0.2) is 5.84 Å². The molecule has 0 spiro atoms. The number of hydrazine groups is 1. The van der Waals surface area contributed by atoms with Gasteiger partial charge < -0.3 is 0 Å². The third kappa shape index (κ3) is 1.61. The number of hydrogen-bond donors (Lipinski definition) is 1. The minimum atomic E-state index is -0.0859. The zero-order valence-corrected chi connectivity index (χ0v) is 8.37. The molecule has 0 bridgehead atoms. The van der Waals surface area contributed by atoms with Gasteiger partial charge in [0, 0.05) is 11.6 Å². The van der Waals surface area contributed by atoms with Gasteiger partial charge in [-0.3, -0.25) is 9.80 Å². The summed E-state index contributed by atoms with van der Waals surface area (Å²) in [5, 5.41) is 1.96. The molecule has 74 valence electrons. The quantitative estimate of drug-likeness (QED) is 0.565. The standard InChI is InChI=1S/C10H11ClN2O/c11-8-3-1-7(2-4-8)9-5-6-13(12)10(9)14/h1-4,9H,5-6,12H2. The Morgan fingerprint density at radius 1 is 1.36 bits per heavy atom. The van der Waals surface area contributed by atoms with Gasteiger partial charge in [-0.05, 0) is 24.1 Å². The van der Waals surface area contributed by atoms with Crippen LogP contribution in [0.25, 0.3) is 0 Å². The van der Waals surface area contributed by atoms with Crippen LogP contribution in [0.5, 0.6) is 0 Å². The van der Waals surface area contributed by atoms with Gasteiger partial charge >= 0.3 is 0 Å². The van der Waals surface area contributed by atoms with E-state index in [9.17, 15) is 4.79 Å². The van der Waals surface area contributed by atoms with Gasteiger partial charge in [0.15, 0.2) is 0 Å². The van der Waals surface area contributed by atoms with Crippen molar-refractivity contribution in [1.29, 1.82) is 0 Å². The summed E-state index contributed by atoms with van der Waals surface area (Å²) in [6.45, 7) is 0.631. The van der Waals surface area contributed by atoms with Gasteiger partial charge in [0.1, 0.15) is 0 Å². The molecule has 1 unspecified atom stereocenters. The van der Waals surface area contributed by atoms with Crippen molar-refractivity contribution in [1.82, 2.24) is 5.01 Å². The first-order valence-corrected chi connectivity index (χ1v) is 4.88. The molecule has 0 aromatic heterocycles. The van der Waals surface area contributed by atoms with Crippen molar-refractivity contribution in [2.24, 2.45) is 5.84 Å². The molecule has 2 rings (SSSR count). The topological polar surface area (TPSA) is 46.3 Å². The van der Waals surface area contributed by atoms with Crippen LogP contribution >= 0.6 is 11.6 Å². The Morgan fingerprint density at radius 2 is 2.00 bits per heavy atom. The van der Waals surface area contributed by atoms with Crippen LogP contribution < -0.4 is 5.84 Å². The van der Waals surface area contributed by atoms with Crippen LogP contribution in [0.15, 0.2) is 24.3 Å². The van der Waals surface area contributed by atoms with Crippen molar-refractivity contribution in [3.8, 4) is 0 Å². The highest BCUT2D eigenvalue weighted by molar-refractivity contribution is 6.30. The van der Waals surface area contributed by atoms with Crippen LogP contribution in [0.1, 0.15) is 17.9 Å². The lowest BCUT2D eigenvalue weighted by molar-refractivity contribution is -0.129. The van der Waals surface area contributed by atoms with E-state index in [-0.39, 0.29) is 11.8 Å². The second-order valence-corrected chi connectivity index (χ2v) is 3.86. The predicted molar refractivity (Wildman–Crippen MR) is 54.7 cm³/mol. The molecule has 1 aliphatic rings. The first-order valence-electron chi connectivity index (χ1n) is 4.50. The number of carbonyl (C=O) groups is 1. The predicted octanol–water partition coefficient (Wildman–Crippen LogP) is 1.53. The van der Waals surface area contributed by atoms with Crippen molar-refractivity contribution < 1.29 is 4.79 Å². The number of carbonyl (C=O) groups excluding carboxylic acids is 1. The molecule has 3 nitrogen and oxygen atoms in total.